The maximum atomic E-state index is 14.2. The van der Waals surface area contributed by atoms with Crippen LogP contribution < -0.4 is 11.1 Å². The molecule has 0 aromatic heterocycles. The summed E-state index contributed by atoms with van der Waals surface area (Å²) in [6, 6.07) is 33.2. The first-order valence-corrected chi connectivity index (χ1v) is 18.0. The second-order valence-electron chi connectivity index (χ2n) is 12.5. The molecule has 3 N–H and O–H groups in total. The number of aryl methyl sites for hydroxylation is 1. The number of carbonyl (C=O) groups is 2. The lowest BCUT2D eigenvalue weighted by atomic mass is 9.89. The van der Waals surface area contributed by atoms with Crippen LogP contribution in [-0.2, 0) is 25.8 Å². The summed E-state index contributed by atoms with van der Waals surface area (Å²) in [5.41, 5.74) is 8.72. The van der Waals surface area contributed by atoms with Crippen LogP contribution in [-0.4, -0.2) is 62.7 Å². The van der Waals surface area contributed by atoms with Crippen LogP contribution in [0.5, 0.6) is 0 Å². The van der Waals surface area contributed by atoms with Gasteiger partial charge in [0.1, 0.15) is 5.37 Å². The van der Waals surface area contributed by atoms with Gasteiger partial charge < -0.3 is 20.7 Å². The van der Waals surface area contributed by atoms with E-state index in [4.69, 9.17) is 10.5 Å². The fraction of sp³-hybridized carbons (Fsp3) is 0.282. The van der Waals surface area contributed by atoms with E-state index in [-0.39, 0.29) is 23.0 Å². The summed E-state index contributed by atoms with van der Waals surface area (Å²) < 4.78 is 32.9. The highest BCUT2D eigenvalue weighted by molar-refractivity contribution is 7.92. The molecule has 1 fully saturated rings. The highest BCUT2D eigenvalue weighted by atomic mass is 32.2. The minimum Gasteiger partial charge on any atom is -0.378 e. The molecule has 1 saturated heterocycles. The fourth-order valence-corrected chi connectivity index (χ4v) is 7.85. The van der Waals surface area contributed by atoms with Gasteiger partial charge in [-0.25, -0.2) is 8.42 Å². The summed E-state index contributed by atoms with van der Waals surface area (Å²) in [5, 5.41) is 5.53. The Morgan fingerprint density at radius 1 is 0.833 bits per heavy atom. The van der Waals surface area contributed by atoms with Crippen LogP contribution in [0.25, 0.3) is 21.5 Å². The number of benzene rings is 5. The number of ether oxygens (including phenoxy) is 1. The molecule has 48 heavy (non-hydrogen) atoms. The molecule has 1 heterocycles. The molecular formula is C39H41N3O5S. The Kier molecular flexibility index (Phi) is 10.2. The van der Waals surface area contributed by atoms with Gasteiger partial charge in [0.15, 0.2) is 15.6 Å². The predicted octanol–water partition coefficient (Wildman–Crippen LogP) is 6.23. The third kappa shape index (κ3) is 7.44. The molecule has 0 radical (unpaired) electrons. The van der Waals surface area contributed by atoms with E-state index in [1.165, 1.54) is 0 Å². The number of amides is 1. The lowest BCUT2D eigenvalue weighted by Gasteiger charge is -2.28. The molecule has 8 nitrogen and oxygen atoms in total. The number of nitrogens with zero attached hydrogens (tertiary/aromatic N) is 1. The van der Waals surface area contributed by atoms with Crippen molar-refractivity contribution >= 4 is 48.8 Å². The first kappa shape index (κ1) is 33.3. The van der Waals surface area contributed by atoms with Crippen molar-refractivity contribution in [3.8, 4) is 0 Å². The van der Waals surface area contributed by atoms with Crippen molar-refractivity contribution in [1.82, 2.24) is 4.90 Å². The average molecular weight is 664 g/mol. The number of hydrogen-bond acceptors (Lipinski definition) is 7. The number of sulfone groups is 1. The van der Waals surface area contributed by atoms with Gasteiger partial charge in [0.2, 0.25) is 0 Å². The summed E-state index contributed by atoms with van der Waals surface area (Å²) in [6.45, 7) is 3.81. The van der Waals surface area contributed by atoms with Crippen molar-refractivity contribution in [2.45, 2.75) is 42.5 Å². The van der Waals surface area contributed by atoms with Crippen LogP contribution >= 0.6 is 0 Å². The minimum absolute atomic E-state index is 0.0225. The van der Waals surface area contributed by atoms with Crippen LogP contribution in [0.4, 0.5) is 5.69 Å². The van der Waals surface area contributed by atoms with Gasteiger partial charge in [-0.1, -0.05) is 84.9 Å². The maximum absolute atomic E-state index is 14.2. The van der Waals surface area contributed by atoms with E-state index in [0.717, 1.165) is 27.1 Å². The molecule has 6 rings (SSSR count). The Morgan fingerprint density at radius 2 is 1.50 bits per heavy atom. The number of carbonyl (C=O) groups excluding carboxylic acids is 2. The average Bonchev–Trinajstić information content (AvgIpc) is 3.12. The Balaban J connectivity index is 1.25. The molecule has 0 bridgehead atoms. The van der Waals surface area contributed by atoms with E-state index in [0.29, 0.717) is 50.4 Å². The second kappa shape index (κ2) is 14.7. The van der Waals surface area contributed by atoms with Gasteiger partial charge in [0.25, 0.3) is 5.91 Å². The number of anilines is 1. The zero-order valence-corrected chi connectivity index (χ0v) is 27.9. The Hall–Kier alpha value is -4.57. The molecule has 0 aliphatic carbocycles. The summed E-state index contributed by atoms with van der Waals surface area (Å²) in [4.78, 5) is 29.7. The molecule has 248 valence electrons. The van der Waals surface area contributed by atoms with Gasteiger partial charge in [-0.3, -0.25) is 9.59 Å². The molecule has 1 aliphatic heterocycles. The van der Waals surface area contributed by atoms with Crippen LogP contribution in [0.15, 0.2) is 114 Å². The Bertz CT molecular complexity index is 2030. The molecule has 1 unspecified atom stereocenters. The van der Waals surface area contributed by atoms with E-state index in [9.17, 15) is 18.0 Å². The van der Waals surface area contributed by atoms with Crippen LogP contribution in [0.1, 0.15) is 35.7 Å². The third-order valence-electron chi connectivity index (χ3n) is 9.19. The van der Waals surface area contributed by atoms with Crippen molar-refractivity contribution in [2.75, 3.05) is 31.6 Å². The summed E-state index contributed by atoms with van der Waals surface area (Å²) >= 11 is 0. The highest BCUT2D eigenvalue weighted by Gasteiger charge is 2.32. The van der Waals surface area contributed by atoms with Crippen molar-refractivity contribution in [3.63, 3.8) is 0 Å². The Labute approximate surface area is 281 Å². The molecular weight excluding hydrogens is 623 g/mol. The van der Waals surface area contributed by atoms with E-state index in [2.05, 4.69) is 5.32 Å². The molecule has 1 amide bonds. The zero-order chi connectivity index (χ0) is 33.7. The summed E-state index contributed by atoms with van der Waals surface area (Å²) in [5.74, 6) is -0.847. The number of hydrogen-bond donors (Lipinski definition) is 2. The largest absolute Gasteiger partial charge is 0.378 e. The molecule has 1 aliphatic rings. The maximum Gasteiger partial charge on any atom is 0.254 e. The highest BCUT2D eigenvalue weighted by Crippen LogP contribution is 2.29. The molecule has 5 aromatic carbocycles. The van der Waals surface area contributed by atoms with Crippen molar-refractivity contribution in [2.24, 2.45) is 11.7 Å². The van der Waals surface area contributed by atoms with Gasteiger partial charge in [-0.2, -0.15) is 0 Å². The van der Waals surface area contributed by atoms with E-state index >= 15 is 0 Å². The number of rotatable bonds is 12. The number of nitrogens with two attached hydrogens (primary N) is 1. The normalized spacial score (nSPS) is 15.6. The molecule has 5 aromatic rings. The Morgan fingerprint density at radius 3 is 2.25 bits per heavy atom. The number of nitrogens with one attached hydrogen (secondary N) is 1. The van der Waals surface area contributed by atoms with E-state index in [1.54, 1.807) is 36.1 Å². The number of ketones is 1. The first-order chi connectivity index (χ1) is 23.2. The van der Waals surface area contributed by atoms with Crippen LogP contribution in [0.3, 0.4) is 0 Å². The van der Waals surface area contributed by atoms with Crippen LogP contribution in [0, 0.1) is 5.92 Å². The third-order valence-corrected chi connectivity index (χ3v) is 11.1. The number of fused-ring (bicyclic) bond motifs is 2. The smallest absolute Gasteiger partial charge is 0.254 e. The summed E-state index contributed by atoms with van der Waals surface area (Å²) in [7, 11) is -3.92. The lowest BCUT2D eigenvalue weighted by molar-refractivity contribution is -0.123. The number of Topliss-reactive ketones (excluding diaryl/α,β-unsaturated/α-hetero) is 1. The molecule has 0 saturated carbocycles. The fourth-order valence-electron chi connectivity index (χ4n) is 6.47. The van der Waals surface area contributed by atoms with Gasteiger partial charge in [-0.15, -0.1) is 0 Å². The molecule has 9 heteroatoms. The lowest BCUT2D eigenvalue weighted by Crippen LogP contribution is -2.41. The monoisotopic (exact) mass is 663 g/mol. The van der Waals surface area contributed by atoms with Crippen molar-refractivity contribution < 1.29 is 22.7 Å². The van der Waals surface area contributed by atoms with Crippen molar-refractivity contribution in [3.05, 3.63) is 120 Å². The van der Waals surface area contributed by atoms with Crippen molar-refractivity contribution in [1.29, 1.82) is 0 Å². The quantitative estimate of drug-likeness (QED) is 0.162. The second-order valence-corrected chi connectivity index (χ2v) is 14.6. The van der Waals surface area contributed by atoms with E-state index < -0.39 is 27.2 Å². The SMILES string of the molecule is C[C@H](Nc1cc(C(=O)N2CCOCC2)c2ccccc2c1)C(=O)C(CCc1ccccc1)C[C@@H](N)S(=O)(=O)c1ccc2ccccc2c1. The van der Waals surface area contributed by atoms with Gasteiger partial charge in [-0.05, 0) is 77.6 Å². The molecule has 0 spiro atoms. The first-order valence-electron chi connectivity index (χ1n) is 16.4. The minimum atomic E-state index is -3.92. The predicted molar refractivity (Wildman–Crippen MR) is 191 cm³/mol. The zero-order valence-electron chi connectivity index (χ0n) is 27.0. The van der Waals surface area contributed by atoms with E-state index in [1.807, 2.05) is 84.9 Å². The topological polar surface area (TPSA) is 119 Å². The van der Waals surface area contributed by atoms with Crippen LogP contribution in [0.2, 0.25) is 0 Å². The van der Waals surface area contributed by atoms with Gasteiger partial charge in [0.05, 0.1) is 24.2 Å². The van der Waals surface area contributed by atoms with Gasteiger partial charge >= 0.3 is 0 Å². The summed E-state index contributed by atoms with van der Waals surface area (Å²) in [6.07, 6.45) is 1.01. The number of morpholine rings is 1. The van der Waals surface area contributed by atoms with Gasteiger partial charge in [0, 0.05) is 30.3 Å². The molecule has 3 atom stereocenters. The standard InChI is InChI=1S/C39H41N3O5S/c1-27(41-33-23-31-13-7-8-14-35(31)36(26-33)39(44)42-19-21-47-22-20-42)38(43)32(16-15-28-9-3-2-4-10-28)25-37(40)48(45,46)34-18-17-29-11-5-6-12-30(29)24-34/h2-14,17-18,23-24,26-27,32,37,41H,15-16,19-22,25,40H2,1H3/t27-,32?,37-/m0/s1.